The third-order valence-corrected chi connectivity index (χ3v) is 4.41. The number of aromatic nitrogens is 1. The minimum absolute atomic E-state index is 0.174. The van der Waals surface area contributed by atoms with Crippen molar-refractivity contribution in [2.45, 2.75) is 18.9 Å². The second kappa shape index (κ2) is 6.50. The highest BCUT2D eigenvalue weighted by atomic mass is 16.2. The molecule has 4 heteroatoms. The van der Waals surface area contributed by atoms with E-state index in [2.05, 4.69) is 24.0 Å². The van der Waals surface area contributed by atoms with Crippen LogP contribution in [0.5, 0.6) is 0 Å². The van der Waals surface area contributed by atoms with E-state index < -0.39 is 0 Å². The normalized spacial score (nSPS) is 16.3. The largest absolute Gasteiger partial charge is 0.340 e. The van der Waals surface area contributed by atoms with Crippen LogP contribution < -0.4 is 0 Å². The molecule has 1 aromatic heterocycles. The van der Waals surface area contributed by atoms with Crippen LogP contribution in [0.2, 0.25) is 0 Å². The Hall–Kier alpha value is -2.20. The lowest BCUT2D eigenvalue weighted by molar-refractivity contribution is -0.141. The summed E-state index contributed by atoms with van der Waals surface area (Å²) in [5, 5.41) is 0. The lowest BCUT2D eigenvalue weighted by atomic mass is 9.93. The highest BCUT2D eigenvalue weighted by Crippen LogP contribution is 2.30. The number of hydrogen-bond donors (Lipinski definition) is 0. The summed E-state index contributed by atoms with van der Waals surface area (Å²) >= 11 is 0. The molecule has 0 aliphatic carbocycles. The molecular weight excluding hydrogens is 286 g/mol. The Labute approximate surface area is 137 Å². The molecule has 1 amide bonds. The summed E-state index contributed by atoms with van der Waals surface area (Å²) < 4.78 is 0. The van der Waals surface area contributed by atoms with Gasteiger partial charge in [-0.25, -0.2) is 0 Å². The van der Waals surface area contributed by atoms with Crippen LogP contribution in [0.25, 0.3) is 0 Å². The van der Waals surface area contributed by atoms with Gasteiger partial charge in [0, 0.05) is 30.9 Å². The van der Waals surface area contributed by atoms with E-state index in [-0.39, 0.29) is 11.9 Å². The zero-order chi connectivity index (χ0) is 16.4. The molecule has 1 aliphatic heterocycles. The number of amides is 1. The van der Waals surface area contributed by atoms with Gasteiger partial charge in [0.1, 0.15) is 6.04 Å². The van der Waals surface area contributed by atoms with Crippen LogP contribution in [0.4, 0.5) is 0 Å². The number of nitrogens with zero attached hydrogens (tertiary/aromatic N) is 3. The van der Waals surface area contributed by atoms with E-state index in [1.807, 2.05) is 60.4 Å². The SMILES string of the molecule is Cc1cccc([C@@H](C(=O)N2CC(c3ccccn3)C2)N(C)C)c1. The molecule has 0 unspecified atom stereocenters. The fourth-order valence-corrected chi connectivity index (χ4v) is 3.14. The van der Waals surface area contributed by atoms with E-state index in [4.69, 9.17) is 0 Å². The Kier molecular flexibility index (Phi) is 4.44. The lowest BCUT2D eigenvalue weighted by Crippen LogP contribution is -2.52. The molecule has 23 heavy (non-hydrogen) atoms. The van der Waals surface area contributed by atoms with Crippen molar-refractivity contribution in [3.63, 3.8) is 0 Å². The third-order valence-electron chi connectivity index (χ3n) is 4.41. The number of likely N-dealkylation sites (tertiary alicyclic amines) is 1. The van der Waals surface area contributed by atoms with Gasteiger partial charge in [0.05, 0.1) is 0 Å². The van der Waals surface area contributed by atoms with Crippen molar-refractivity contribution < 1.29 is 4.79 Å². The zero-order valence-electron chi connectivity index (χ0n) is 13.9. The van der Waals surface area contributed by atoms with E-state index in [1.54, 1.807) is 0 Å². The molecule has 0 bridgehead atoms. The fourth-order valence-electron chi connectivity index (χ4n) is 3.14. The van der Waals surface area contributed by atoms with Crippen LogP contribution in [0, 0.1) is 6.92 Å². The van der Waals surface area contributed by atoms with Gasteiger partial charge in [-0.2, -0.15) is 0 Å². The number of benzene rings is 1. The number of carbonyl (C=O) groups is 1. The first-order valence-electron chi connectivity index (χ1n) is 7.99. The maximum absolute atomic E-state index is 12.9. The number of likely N-dealkylation sites (N-methyl/N-ethyl adjacent to an activating group) is 1. The molecule has 1 fully saturated rings. The van der Waals surface area contributed by atoms with Crippen LogP contribution in [0.1, 0.15) is 28.8 Å². The summed E-state index contributed by atoms with van der Waals surface area (Å²) in [6.07, 6.45) is 1.81. The van der Waals surface area contributed by atoms with E-state index in [1.165, 1.54) is 5.56 Å². The van der Waals surface area contributed by atoms with Gasteiger partial charge >= 0.3 is 0 Å². The van der Waals surface area contributed by atoms with Gasteiger partial charge in [0.25, 0.3) is 0 Å². The van der Waals surface area contributed by atoms with Crippen molar-refractivity contribution in [1.29, 1.82) is 0 Å². The molecule has 1 saturated heterocycles. The highest BCUT2D eigenvalue weighted by Gasteiger charge is 2.37. The van der Waals surface area contributed by atoms with Crippen LogP contribution in [0.3, 0.4) is 0 Å². The van der Waals surface area contributed by atoms with Crippen LogP contribution in [-0.4, -0.2) is 47.9 Å². The number of pyridine rings is 1. The monoisotopic (exact) mass is 309 g/mol. The van der Waals surface area contributed by atoms with Crippen molar-refractivity contribution in [3.05, 3.63) is 65.5 Å². The molecule has 3 rings (SSSR count). The minimum Gasteiger partial charge on any atom is -0.340 e. The lowest BCUT2D eigenvalue weighted by Gasteiger charge is -2.42. The molecule has 120 valence electrons. The maximum atomic E-state index is 12.9. The number of rotatable bonds is 4. The van der Waals surface area contributed by atoms with Crippen molar-refractivity contribution >= 4 is 5.91 Å². The molecule has 0 N–H and O–H groups in total. The van der Waals surface area contributed by atoms with Crippen molar-refractivity contribution in [1.82, 2.24) is 14.8 Å². The summed E-state index contributed by atoms with van der Waals surface area (Å²) in [6, 6.07) is 13.9. The topological polar surface area (TPSA) is 36.4 Å². The summed E-state index contributed by atoms with van der Waals surface area (Å²) in [4.78, 5) is 21.2. The first-order chi connectivity index (χ1) is 11.1. The average molecular weight is 309 g/mol. The Morgan fingerprint density at radius 1 is 1.22 bits per heavy atom. The van der Waals surface area contributed by atoms with E-state index >= 15 is 0 Å². The predicted octanol–water partition coefficient (Wildman–Crippen LogP) is 2.62. The fraction of sp³-hybridized carbons (Fsp3) is 0.368. The molecule has 1 aliphatic rings. The standard InChI is InChI=1S/C19H23N3O/c1-14-7-6-8-15(11-14)18(21(2)3)19(23)22-12-16(13-22)17-9-4-5-10-20-17/h4-11,16,18H,12-13H2,1-3H3/t18-/m0/s1. The minimum atomic E-state index is -0.223. The molecule has 1 atom stereocenters. The van der Waals surface area contributed by atoms with Gasteiger partial charge in [-0.05, 0) is 38.7 Å². The Morgan fingerprint density at radius 3 is 2.61 bits per heavy atom. The van der Waals surface area contributed by atoms with Gasteiger partial charge in [-0.3, -0.25) is 14.7 Å². The highest BCUT2D eigenvalue weighted by molar-refractivity contribution is 5.84. The Bertz CT molecular complexity index is 678. The molecule has 4 nitrogen and oxygen atoms in total. The molecule has 2 aromatic rings. The predicted molar refractivity (Wildman–Crippen MR) is 91.2 cm³/mol. The summed E-state index contributed by atoms with van der Waals surface area (Å²) in [7, 11) is 3.92. The van der Waals surface area contributed by atoms with E-state index in [0.717, 1.165) is 24.3 Å². The molecule has 1 aromatic carbocycles. The second-order valence-corrected chi connectivity index (χ2v) is 6.48. The van der Waals surface area contributed by atoms with Crippen molar-refractivity contribution in [3.8, 4) is 0 Å². The van der Waals surface area contributed by atoms with Gasteiger partial charge in [0.2, 0.25) is 5.91 Å². The molecule has 0 spiro atoms. The first-order valence-corrected chi connectivity index (χ1v) is 7.99. The number of aryl methyl sites for hydroxylation is 1. The van der Waals surface area contributed by atoms with Crippen LogP contribution in [-0.2, 0) is 4.79 Å². The first kappa shape index (κ1) is 15.7. The maximum Gasteiger partial charge on any atom is 0.244 e. The van der Waals surface area contributed by atoms with E-state index in [0.29, 0.717) is 5.92 Å². The zero-order valence-corrected chi connectivity index (χ0v) is 13.9. The van der Waals surface area contributed by atoms with Gasteiger partial charge in [0.15, 0.2) is 0 Å². The van der Waals surface area contributed by atoms with Gasteiger partial charge < -0.3 is 4.90 Å². The van der Waals surface area contributed by atoms with Crippen LogP contribution in [0.15, 0.2) is 48.7 Å². The number of carbonyl (C=O) groups excluding carboxylic acids is 1. The van der Waals surface area contributed by atoms with E-state index in [9.17, 15) is 4.79 Å². The quantitative estimate of drug-likeness (QED) is 0.871. The summed E-state index contributed by atoms with van der Waals surface area (Å²) in [5.74, 6) is 0.535. The summed E-state index contributed by atoms with van der Waals surface area (Å²) in [6.45, 7) is 3.57. The average Bonchev–Trinajstić information content (AvgIpc) is 2.46. The Morgan fingerprint density at radius 2 is 2.00 bits per heavy atom. The molecular formula is C19H23N3O. The van der Waals surface area contributed by atoms with Gasteiger partial charge in [-0.1, -0.05) is 35.9 Å². The third kappa shape index (κ3) is 3.27. The molecule has 0 saturated carbocycles. The molecule has 0 radical (unpaired) electrons. The van der Waals surface area contributed by atoms with Crippen molar-refractivity contribution in [2.75, 3.05) is 27.2 Å². The molecule has 2 heterocycles. The summed E-state index contributed by atoms with van der Waals surface area (Å²) in [5.41, 5.74) is 3.31. The second-order valence-electron chi connectivity index (χ2n) is 6.48. The smallest absolute Gasteiger partial charge is 0.244 e. The van der Waals surface area contributed by atoms with Crippen LogP contribution >= 0.6 is 0 Å². The number of hydrogen-bond acceptors (Lipinski definition) is 3. The van der Waals surface area contributed by atoms with Gasteiger partial charge in [-0.15, -0.1) is 0 Å². The van der Waals surface area contributed by atoms with Crippen molar-refractivity contribution in [2.24, 2.45) is 0 Å². The Balaban J connectivity index is 1.71.